The molecule has 0 aliphatic heterocycles. The largest absolute Gasteiger partial charge is 0.424 e. The Kier molecular flexibility index (Phi) is 3.90. The van der Waals surface area contributed by atoms with Gasteiger partial charge in [0.05, 0.1) is 12.3 Å². The molecule has 1 N–H and O–H groups in total. The first-order valence-corrected chi connectivity index (χ1v) is 6.13. The summed E-state index contributed by atoms with van der Waals surface area (Å²) in [4.78, 5) is 8.20. The van der Waals surface area contributed by atoms with Crippen molar-refractivity contribution in [1.29, 1.82) is 0 Å². The molecule has 17 heavy (non-hydrogen) atoms. The van der Waals surface area contributed by atoms with E-state index in [1.54, 1.807) is 6.20 Å². The Balaban J connectivity index is 2.19. The lowest BCUT2D eigenvalue weighted by Crippen LogP contribution is -1.98. The summed E-state index contributed by atoms with van der Waals surface area (Å²) in [6, 6.07) is 7.91. The van der Waals surface area contributed by atoms with Gasteiger partial charge in [0.25, 0.3) is 0 Å². The van der Waals surface area contributed by atoms with Crippen LogP contribution in [0.25, 0.3) is 0 Å². The molecule has 5 heteroatoms. The molecule has 1 aromatic carbocycles. The summed E-state index contributed by atoms with van der Waals surface area (Å²) in [6.07, 6.45) is 1.57. The number of nitrogens with zero attached hydrogens (tertiary/aromatic N) is 2. The molecule has 2 rings (SSSR count). The quantitative estimate of drug-likeness (QED) is 0.872. The minimum atomic E-state index is -0.0599. The number of benzene rings is 1. The molecule has 0 aliphatic rings. The van der Waals surface area contributed by atoms with Crippen molar-refractivity contribution in [3.05, 3.63) is 45.3 Å². The van der Waals surface area contributed by atoms with Crippen LogP contribution in [0, 0.1) is 10.5 Å². The van der Waals surface area contributed by atoms with Crippen molar-refractivity contribution in [2.45, 2.75) is 13.5 Å². The lowest BCUT2D eigenvalue weighted by molar-refractivity contribution is 0.279. The Labute approximate surface area is 113 Å². The van der Waals surface area contributed by atoms with Crippen molar-refractivity contribution >= 4 is 22.6 Å². The van der Waals surface area contributed by atoms with Gasteiger partial charge in [-0.3, -0.25) is 0 Å². The fourth-order valence-corrected chi connectivity index (χ4v) is 1.64. The number of hydrogen-bond acceptors (Lipinski definition) is 4. The van der Waals surface area contributed by atoms with Crippen molar-refractivity contribution in [3.63, 3.8) is 0 Å². The highest BCUT2D eigenvalue weighted by atomic mass is 127. The second kappa shape index (κ2) is 5.42. The van der Waals surface area contributed by atoms with E-state index in [4.69, 9.17) is 9.84 Å². The minimum absolute atomic E-state index is 0.0599. The highest BCUT2D eigenvalue weighted by Gasteiger charge is 2.04. The standard InChI is InChI=1S/C12H11IN2O2/c1-8-9(7-16)6-14-12(15-8)17-11-4-2-10(13)3-5-11/h2-6,16H,7H2,1H3. The molecule has 0 aliphatic carbocycles. The lowest BCUT2D eigenvalue weighted by atomic mass is 10.3. The zero-order valence-electron chi connectivity index (χ0n) is 9.22. The third kappa shape index (κ3) is 3.13. The van der Waals surface area contributed by atoms with Crippen LogP contribution in [0.3, 0.4) is 0 Å². The molecular weight excluding hydrogens is 331 g/mol. The van der Waals surface area contributed by atoms with Crippen LogP contribution in [-0.4, -0.2) is 15.1 Å². The molecule has 88 valence electrons. The smallest absolute Gasteiger partial charge is 0.322 e. The molecule has 1 aromatic heterocycles. The van der Waals surface area contributed by atoms with E-state index < -0.39 is 0 Å². The summed E-state index contributed by atoms with van der Waals surface area (Å²) in [5.41, 5.74) is 1.43. The number of aliphatic hydroxyl groups excluding tert-OH is 1. The van der Waals surface area contributed by atoms with Crippen LogP contribution in [0.4, 0.5) is 0 Å². The zero-order valence-corrected chi connectivity index (χ0v) is 11.4. The lowest BCUT2D eigenvalue weighted by Gasteiger charge is -2.06. The predicted molar refractivity (Wildman–Crippen MR) is 71.9 cm³/mol. The maximum absolute atomic E-state index is 9.01. The molecule has 0 saturated carbocycles. The molecule has 0 fully saturated rings. The number of aliphatic hydroxyl groups is 1. The van der Waals surface area contributed by atoms with E-state index in [1.165, 1.54) is 0 Å². The third-order valence-electron chi connectivity index (χ3n) is 2.25. The van der Waals surface area contributed by atoms with Crippen LogP contribution >= 0.6 is 22.6 Å². The van der Waals surface area contributed by atoms with Crippen LogP contribution in [0.1, 0.15) is 11.3 Å². The van der Waals surface area contributed by atoms with Crippen LogP contribution in [0.2, 0.25) is 0 Å². The van der Waals surface area contributed by atoms with E-state index >= 15 is 0 Å². The minimum Gasteiger partial charge on any atom is -0.424 e. The van der Waals surface area contributed by atoms with Crippen molar-refractivity contribution in [3.8, 4) is 11.8 Å². The third-order valence-corrected chi connectivity index (χ3v) is 2.97. The Morgan fingerprint density at radius 2 is 2.00 bits per heavy atom. The SMILES string of the molecule is Cc1nc(Oc2ccc(I)cc2)ncc1CO. The molecule has 0 radical (unpaired) electrons. The molecule has 2 aromatic rings. The highest BCUT2D eigenvalue weighted by Crippen LogP contribution is 2.19. The molecule has 0 bridgehead atoms. The first-order chi connectivity index (χ1) is 8.19. The molecule has 1 heterocycles. The molecule has 0 saturated heterocycles. The van der Waals surface area contributed by atoms with E-state index in [0.29, 0.717) is 17.3 Å². The second-order valence-corrected chi connectivity index (χ2v) is 4.72. The van der Waals surface area contributed by atoms with Gasteiger partial charge in [-0.25, -0.2) is 4.98 Å². The Morgan fingerprint density at radius 3 is 2.59 bits per heavy atom. The molecular formula is C12H11IN2O2. The molecule has 0 atom stereocenters. The monoisotopic (exact) mass is 342 g/mol. The van der Waals surface area contributed by atoms with Gasteiger partial charge in [-0.15, -0.1) is 0 Å². The summed E-state index contributed by atoms with van der Waals surface area (Å²) in [5, 5.41) is 9.01. The molecule has 0 spiro atoms. The number of aromatic nitrogens is 2. The summed E-state index contributed by atoms with van der Waals surface area (Å²) < 4.78 is 6.65. The summed E-state index contributed by atoms with van der Waals surface area (Å²) in [6.45, 7) is 1.75. The average Bonchev–Trinajstić information content (AvgIpc) is 2.32. The zero-order chi connectivity index (χ0) is 12.3. The Hall–Kier alpha value is -1.21. The summed E-state index contributed by atoms with van der Waals surface area (Å²) in [7, 11) is 0. The summed E-state index contributed by atoms with van der Waals surface area (Å²) >= 11 is 2.23. The number of halogens is 1. The first kappa shape index (κ1) is 12.3. The number of aryl methyl sites for hydroxylation is 1. The van der Waals surface area contributed by atoms with E-state index in [1.807, 2.05) is 31.2 Å². The van der Waals surface area contributed by atoms with Gasteiger partial charge >= 0.3 is 6.01 Å². The van der Waals surface area contributed by atoms with Crippen LogP contribution in [0.5, 0.6) is 11.8 Å². The van der Waals surface area contributed by atoms with E-state index in [2.05, 4.69) is 32.6 Å². The van der Waals surface area contributed by atoms with Crippen LogP contribution < -0.4 is 4.74 Å². The molecule has 0 amide bonds. The fourth-order valence-electron chi connectivity index (χ4n) is 1.28. The van der Waals surface area contributed by atoms with Crippen molar-refractivity contribution < 1.29 is 9.84 Å². The van der Waals surface area contributed by atoms with Gasteiger partial charge in [0.1, 0.15) is 5.75 Å². The van der Waals surface area contributed by atoms with Gasteiger partial charge in [-0.1, -0.05) is 0 Å². The van der Waals surface area contributed by atoms with Crippen molar-refractivity contribution in [1.82, 2.24) is 9.97 Å². The number of ether oxygens (including phenoxy) is 1. The normalized spacial score (nSPS) is 10.3. The van der Waals surface area contributed by atoms with Crippen molar-refractivity contribution in [2.24, 2.45) is 0 Å². The Morgan fingerprint density at radius 1 is 1.29 bits per heavy atom. The van der Waals surface area contributed by atoms with E-state index in [0.717, 1.165) is 9.26 Å². The van der Waals surface area contributed by atoms with Gasteiger partial charge in [0.2, 0.25) is 0 Å². The Bertz CT molecular complexity index is 514. The van der Waals surface area contributed by atoms with Crippen molar-refractivity contribution in [2.75, 3.05) is 0 Å². The number of rotatable bonds is 3. The van der Waals surface area contributed by atoms with Gasteiger partial charge in [0.15, 0.2) is 0 Å². The highest BCUT2D eigenvalue weighted by molar-refractivity contribution is 14.1. The summed E-state index contributed by atoms with van der Waals surface area (Å²) in [5.74, 6) is 0.696. The molecule has 0 unspecified atom stereocenters. The van der Waals surface area contributed by atoms with Gasteiger partial charge in [-0.05, 0) is 53.8 Å². The van der Waals surface area contributed by atoms with Crippen LogP contribution in [-0.2, 0) is 6.61 Å². The topological polar surface area (TPSA) is 55.2 Å². The first-order valence-electron chi connectivity index (χ1n) is 5.06. The second-order valence-electron chi connectivity index (χ2n) is 3.48. The average molecular weight is 342 g/mol. The van der Waals surface area contributed by atoms with Gasteiger partial charge < -0.3 is 9.84 Å². The number of hydrogen-bond donors (Lipinski definition) is 1. The predicted octanol–water partition coefficient (Wildman–Crippen LogP) is 2.67. The fraction of sp³-hybridized carbons (Fsp3) is 0.167. The van der Waals surface area contributed by atoms with Gasteiger partial charge in [-0.2, -0.15) is 4.98 Å². The maximum Gasteiger partial charge on any atom is 0.322 e. The van der Waals surface area contributed by atoms with Crippen LogP contribution in [0.15, 0.2) is 30.5 Å². The maximum atomic E-state index is 9.01. The molecule has 4 nitrogen and oxygen atoms in total. The van der Waals surface area contributed by atoms with E-state index in [9.17, 15) is 0 Å². The van der Waals surface area contributed by atoms with Gasteiger partial charge in [0, 0.05) is 15.3 Å². The van der Waals surface area contributed by atoms with E-state index in [-0.39, 0.29) is 6.61 Å².